The molecule has 1 saturated heterocycles. The van der Waals surface area contributed by atoms with Crippen LogP contribution in [0.3, 0.4) is 0 Å². The number of hydrogen-bond acceptors (Lipinski definition) is 10. The van der Waals surface area contributed by atoms with Crippen LogP contribution in [-0.2, 0) is 24.4 Å². The maximum absolute atomic E-state index is 15.5. The molecule has 0 spiro atoms. The number of allylic oxidation sites excluding steroid dienone is 1. The maximum Gasteiger partial charge on any atom is 0.408 e. The highest BCUT2D eigenvalue weighted by Crippen LogP contribution is 2.47. The molecule has 7 rings (SSSR count). The minimum absolute atomic E-state index is 0.0929. The monoisotopic (exact) mass is 845 g/mol. The van der Waals surface area contributed by atoms with E-state index < -0.39 is 86.1 Å². The summed E-state index contributed by atoms with van der Waals surface area (Å²) >= 11 is 0. The molecule has 0 radical (unpaired) electrons. The van der Waals surface area contributed by atoms with Crippen LogP contribution in [0.5, 0.6) is 17.4 Å². The Labute approximate surface area is 342 Å². The first-order valence-electron chi connectivity index (χ1n) is 20.4. The Morgan fingerprint density at radius 3 is 2.51 bits per heavy atom. The molecule has 0 bridgehead atoms. The number of ether oxygens (including phenoxy) is 3. The molecule has 4 amide bonds. The van der Waals surface area contributed by atoms with Crippen LogP contribution in [0.2, 0.25) is 0 Å². The molecule has 7 atom stereocenters. The fourth-order valence-corrected chi connectivity index (χ4v) is 10.1. The molecule has 3 fully saturated rings. The molecule has 5 aliphatic rings. The first kappa shape index (κ1) is 42.4. The van der Waals surface area contributed by atoms with Crippen molar-refractivity contribution in [2.45, 2.75) is 126 Å². The predicted octanol–water partition coefficient (Wildman–Crippen LogP) is 5.02. The summed E-state index contributed by atoms with van der Waals surface area (Å²) in [6.07, 6.45) is 4.96. The summed E-state index contributed by atoms with van der Waals surface area (Å²) in [6.45, 7) is 6.92. The highest BCUT2D eigenvalue weighted by molar-refractivity contribution is 7.91. The van der Waals surface area contributed by atoms with E-state index in [0.29, 0.717) is 79.4 Å². The summed E-state index contributed by atoms with van der Waals surface area (Å²) < 4.78 is 77.1. The Hall–Kier alpha value is -4.74. The molecule has 322 valence electrons. The molecule has 59 heavy (non-hydrogen) atoms. The Morgan fingerprint density at radius 1 is 1.10 bits per heavy atom. The van der Waals surface area contributed by atoms with Gasteiger partial charge in [0.2, 0.25) is 27.7 Å². The van der Waals surface area contributed by atoms with Crippen molar-refractivity contribution < 1.29 is 55.7 Å². The second-order valence-electron chi connectivity index (χ2n) is 17.3. The molecule has 1 aromatic carbocycles. The Bertz CT molecular complexity index is 2140. The molecule has 18 heteroatoms. The molecule has 3 N–H and O–H groups in total. The van der Waals surface area contributed by atoms with Crippen LogP contribution in [0, 0.1) is 17.8 Å². The number of amides is 4. The van der Waals surface area contributed by atoms with Crippen molar-refractivity contribution in [1.29, 1.82) is 0 Å². The Balaban J connectivity index is 1.30. The SMILES string of the molecule is CC[C@@H]1C[C@@H](C)CC/C=C\[C@@H]2C[C@@]2(C(=O)NS(=O)(=O)C2CC2)NC(=O)[C@@H]2C[C@@H](Oc3nccc4c5c(ccc34)OCCO5)CN2C(=O)[C@H]1N(C(=O)O)C(C)(C)C(C)(F)F. The fraction of sp³-hybridized carbons (Fsp3) is 0.634. The van der Waals surface area contributed by atoms with Crippen molar-refractivity contribution in [3.8, 4) is 17.4 Å². The third-order valence-electron chi connectivity index (χ3n) is 12.8. The van der Waals surface area contributed by atoms with Gasteiger partial charge in [-0.25, -0.2) is 27.0 Å². The van der Waals surface area contributed by atoms with Gasteiger partial charge in [0.15, 0.2) is 11.5 Å². The quantitative estimate of drug-likeness (QED) is 0.287. The number of rotatable bonds is 9. The van der Waals surface area contributed by atoms with Crippen LogP contribution in [0.25, 0.3) is 10.8 Å². The maximum atomic E-state index is 15.5. The summed E-state index contributed by atoms with van der Waals surface area (Å²) in [5, 5.41) is 14.0. The van der Waals surface area contributed by atoms with Crippen molar-refractivity contribution in [3.63, 3.8) is 0 Å². The van der Waals surface area contributed by atoms with Gasteiger partial charge in [0, 0.05) is 36.2 Å². The number of carbonyl (C=O) groups excluding carboxylic acids is 3. The van der Waals surface area contributed by atoms with E-state index in [-0.39, 0.29) is 37.6 Å². The number of alkyl halides is 2. The van der Waals surface area contributed by atoms with Crippen LogP contribution in [0.4, 0.5) is 13.6 Å². The van der Waals surface area contributed by atoms with Crippen molar-refractivity contribution in [3.05, 3.63) is 36.5 Å². The van der Waals surface area contributed by atoms with E-state index in [4.69, 9.17) is 14.2 Å². The standard InChI is InChI=1S/C41H53F2N5O10S/c1-6-24-19-23(2)9-7-8-10-25-21-41(25,37(51)46-59(54,55)27-11-12-27)45-34(49)30-20-26(22-47(30)36(50)32(24)48(38(52)53)39(3,4)40(5,42)43)58-35-29-13-14-31-33(57-18-17-56-31)28(29)15-16-44-35/h8,10,13-16,23-27,30,32H,6-7,9,11-12,17-22H2,1-5H3,(H,45,49)(H,46,51)(H,52,53)/b10-8-/t23-,24+,25+,26+,30-,32-,41+/m0/s1. The van der Waals surface area contributed by atoms with Gasteiger partial charge in [0.25, 0.3) is 11.8 Å². The molecule has 3 aliphatic heterocycles. The van der Waals surface area contributed by atoms with Crippen LogP contribution in [-0.4, -0.2) is 112 Å². The van der Waals surface area contributed by atoms with Gasteiger partial charge in [-0.3, -0.25) is 24.0 Å². The first-order chi connectivity index (χ1) is 27.8. The Morgan fingerprint density at radius 2 is 1.83 bits per heavy atom. The lowest BCUT2D eigenvalue weighted by molar-refractivity contribution is -0.157. The van der Waals surface area contributed by atoms with Crippen molar-refractivity contribution in [1.82, 2.24) is 24.8 Å². The lowest BCUT2D eigenvalue weighted by Crippen LogP contribution is -2.67. The largest absolute Gasteiger partial charge is 0.486 e. The zero-order valence-electron chi connectivity index (χ0n) is 33.9. The molecule has 0 unspecified atom stereocenters. The van der Waals surface area contributed by atoms with Crippen LogP contribution in [0.15, 0.2) is 36.5 Å². The zero-order chi connectivity index (χ0) is 42.7. The van der Waals surface area contributed by atoms with Gasteiger partial charge in [0.05, 0.1) is 11.8 Å². The van der Waals surface area contributed by atoms with Crippen molar-refractivity contribution >= 4 is 44.6 Å². The number of sulfonamides is 1. The number of nitrogens with one attached hydrogen (secondary N) is 2. The van der Waals surface area contributed by atoms with Gasteiger partial charge in [-0.2, -0.15) is 0 Å². The van der Waals surface area contributed by atoms with E-state index in [1.165, 1.54) is 11.1 Å². The molecule has 4 heterocycles. The zero-order valence-corrected chi connectivity index (χ0v) is 34.7. The van der Waals surface area contributed by atoms with Crippen LogP contribution in [0.1, 0.15) is 86.0 Å². The van der Waals surface area contributed by atoms with Gasteiger partial charge in [-0.05, 0) is 82.4 Å². The van der Waals surface area contributed by atoms with Crippen molar-refractivity contribution in [2.24, 2.45) is 17.8 Å². The second kappa shape index (κ2) is 15.7. The topological polar surface area (TPSA) is 194 Å². The van der Waals surface area contributed by atoms with E-state index in [1.807, 2.05) is 13.0 Å². The highest BCUT2D eigenvalue weighted by atomic mass is 32.2. The van der Waals surface area contributed by atoms with E-state index in [1.54, 1.807) is 31.2 Å². The smallest absolute Gasteiger partial charge is 0.408 e. The average molecular weight is 846 g/mol. The minimum Gasteiger partial charge on any atom is -0.486 e. The molecule has 2 aliphatic carbocycles. The first-order valence-corrected chi connectivity index (χ1v) is 21.9. The number of benzene rings is 1. The third-order valence-corrected chi connectivity index (χ3v) is 14.6. The summed E-state index contributed by atoms with van der Waals surface area (Å²) in [6, 6.07) is 2.17. The normalized spacial score (nSPS) is 29.6. The van der Waals surface area contributed by atoms with E-state index in [2.05, 4.69) is 15.0 Å². The molecule has 1 aromatic heterocycles. The number of hydrogen-bond donors (Lipinski definition) is 3. The van der Waals surface area contributed by atoms with E-state index >= 15 is 13.6 Å². The number of carboxylic acid groups (broad SMARTS) is 1. The van der Waals surface area contributed by atoms with E-state index in [9.17, 15) is 27.9 Å². The lowest BCUT2D eigenvalue weighted by atomic mass is 9.81. The third kappa shape index (κ3) is 8.12. The van der Waals surface area contributed by atoms with Crippen LogP contribution >= 0.6 is 0 Å². The molecular formula is C41H53F2N5O10S. The van der Waals surface area contributed by atoms with E-state index in [0.717, 1.165) is 13.8 Å². The van der Waals surface area contributed by atoms with Crippen molar-refractivity contribution in [2.75, 3.05) is 19.8 Å². The van der Waals surface area contributed by atoms with Crippen LogP contribution < -0.4 is 24.2 Å². The number of halogens is 2. The summed E-state index contributed by atoms with van der Waals surface area (Å²) in [5.74, 6) is -6.34. The number of pyridine rings is 1. The molecule has 2 aromatic rings. The molecule has 15 nitrogen and oxygen atoms in total. The Kier molecular flexibility index (Phi) is 11.3. The van der Waals surface area contributed by atoms with Gasteiger partial charge in [-0.1, -0.05) is 32.4 Å². The summed E-state index contributed by atoms with van der Waals surface area (Å²) in [5.41, 5.74) is -4.03. The summed E-state index contributed by atoms with van der Waals surface area (Å²) in [7, 11) is -4.00. The minimum atomic E-state index is -4.00. The van der Waals surface area contributed by atoms with Gasteiger partial charge in [-0.15, -0.1) is 0 Å². The lowest BCUT2D eigenvalue weighted by Gasteiger charge is -2.47. The van der Waals surface area contributed by atoms with Gasteiger partial charge < -0.3 is 29.5 Å². The highest BCUT2D eigenvalue weighted by Gasteiger charge is 2.63. The molecular weight excluding hydrogens is 793 g/mol. The fourth-order valence-electron chi connectivity index (χ4n) is 8.74. The number of fused-ring (bicyclic) bond motifs is 5. The van der Waals surface area contributed by atoms with Gasteiger partial charge in [0.1, 0.15) is 42.5 Å². The predicted molar refractivity (Wildman–Crippen MR) is 211 cm³/mol. The average Bonchev–Trinajstić information content (AvgIpc) is 4.10. The van der Waals surface area contributed by atoms with Gasteiger partial charge >= 0.3 is 6.09 Å². The number of carbonyl (C=O) groups is 4. The second-order valence-corrected chi connectivity index (χ2v) is 19.3. The number of nitrogens with zero attached hydrogens (tertiary/aromatic N) is 3. The number of aromatic nitrogens is 1. The molecule has 2 saturated carbocycles. The summed E-state index contributed by atoms with van der Waals surface area (Å²) in [4.78, 5) is 63.2.